The molecule has 6 rings (SSSR count). The first-order valence-corrected chi connectivity index (χ1v) is 20.6. The van der Waals surface area contributed by atoms with Gasteiger partial charge in [-0.2, -0.15) is 4.72 Å². The Kier molecular flexibility index (Phi) is 12.4. The molecular weight excluding hydrogens is 712 g/mol. The monoisotopic (exact) mass is 762 g/mol. The third-order valence-corrected chi connectivity index (χ3v) is 12.4. The Morgan fingerprint density at radius 1 is 0.887 bits per heavy atom. The highest BCUT2D eigenvalue weighted by molar-refractivity contribution is 7.89. The lowest BCUT2D eigenvalue weighted by atomic mass is 9.85. The van der Waals surface area contributed by atoms with Crippen LogP contribution in [0.25, 0.3) is 0 Å². The second kappa shape index (κ2) is 17.0. The minimum atomic E-state index is -4.08. The van der Waals surface area contributed by atoms with Crippen LogP contribution in [0.3, 0.4) is 0 Å². The van der Waals surface area contributed by atoms with Gasteiger partial charge in [0.1, 0.15) is 18.1 Å². The highest BCUT2D eigenvalue weighted by atomic mass is 35.5. The van der Waals surface area contributed by atoms with Crippen molar-refractivity contribution in [3.8, 4) is 0 Å². The summed E-state index contributed by atoms with van der Waals surface area (Å²) in [6.07, 6.45) is 6.08. The molecule has 3 amide bonds. The largest absolute Gasteiger partial charge is 0.352 e. The van der Waals surface area contributed by atoms with Gasteiger partial charge >= 0.3 is 0 Å². The van der Waals surface area contributed by atoms with Crippen molar-refractivity contribution < 1.29 is 22.8 Å². The molecule has 3 aliphatic rings. The Morgan fingerprint density at radius 2 is 1.53 bits per heavy atom. The first-order chi connectivity index (χ1) is 25.4. The van der Waals surface area contributed by atoms with E-state index >= 15 is 0 Å². The Morgan fingerprint density at radius 3 is 2.17 bits per heavy atom. The van der Waals surface area contributed by atoms with E-state index in [-0.39, 0.29) is 67.4 Å². The van der Waals surface area contributed by atoms with Crippen LogP contribution in [0, 0.1) is 0 Å². The number of rotatable bonds is 13. The van der Waals surface area contributed by atoms with E-state index in [1.165, 1.54) is 6.42 Å². The molecule has 0 radical (unpaired) electrons. The van der Waals surface area contributed by atoms with Crippen LogP contribution in [0.1, 0.15) is 69.9 Å². The van der Waals surface area contributed by atoms with E-state index in [1.807, 2.05) is 44.2 Å². The van der Waals surface area contributed by atoms with Crippen molar-refractivity contribution in [1.29, 1.82) is 0 Å². The fourth-order valence-corrected chi connectivity index (χ4v) is 9.05. The van der Waals surface area contributed by atoms with Crippen molar-refractivity contribution in [2.45, 2.75) is 100 Å². The number of halogens is 1. The van der Waals surface area contributed by atoms with Gasteiger partial charge in [0.25, 0.3) is 5.91 Å². The number of para-hydroxylation sites is 1. The Labute approximate surface area is 318 Å². The van der Waals surface area contributed by atoms with Gasteiger partial charge in [0.15, 0.2) is 0 Å². The Hall–Kier alpha value is -3.97. The van der Waals surface area contributed by atoms with Gasteiger partial charge in [0.2, 0.25) is 21.8 Å². The fourth-order valence-electron chi connectivity index (χ4n) is 7.73. The molecule has 53 heavy (non-hydrogen) atoms. The molecule has 11 nitrogen and oxygen atoms in total. The van der Waals surface area contributed by atoms with Crippen LogP contribution in [0.5, 0.6) is 0 Å². The summed E-state index contributed by atoms with van der Waals surface area (Å²) in [7, 11) is -4.08. The van der Waals surface area contributed by atoms with Crippen molar-refractivity contribution in [3.63, 3.8) is 0 Å². The molecule has 13 heteroatoms. The molecule has 0 aromatic heterocycles. The molecule has 2 saturated heterocycles. The number of carbonyl (C=O) groups is 3. The fraction of sp³-hybridized carbons (Fsp3) is 0.475. The smallest absolute Gasteiger partial charge is 0.250 e. The number of likely N-dealkylation sites (tertiary alicyclic amines) is 1. The summed E-state index contributed by atoms with van der Waals surface area (Å²) in [6.45, 7) is 5.42. The van der Waals surface area contributed by atoms with Gasteiger partial charge in [-0.05, 0) is 79.6 Å². The molecule has 3 aromatic carbocycles. The molecular formula is C40H51ClN6O5S. The van der Waals surface area contributed by atoms with Gasteiger partial charge in [0.05, 0.1) is 11.6 Å². The average molecular weight is 763 g/mol. The van der Waals surface area contributed by atoms with E-state index in [1.54, 1.807) is 58.3 Å². The van der Waals surface area contributed by atoms with Crippen molar-refractivity contribution >= 4 is 45.0 Å². The number of sulfonamides is 1. The molecule has 1 saturated carbocycles. The SMILES string of the molecule is CC(C)NCc1ccc(S(=O)(=O)N[C@H](Cc2ccc(Cl)cc2)C(=O)N2CCC3(CC2)C(=O)N(CC(=O)NC2CCCCC2)CN3c2ccccc2)cc1. The zero-order chi connectivity index (χ0) is 37.6. The molecule has 284 valence electrons. The standard InChI is InChI=1S/C40H51ClN6O5S/c1-29(2)42-26-31-15-19-35(20-16-31)53(51,52)44-36(25-30-13-17-32(41)18-14-30)38(49)45-23-21-40(22-24-45)39(50)46(28-47(40)34-11-7-4-8-12-34)27-37(48)43-33-9-5-3-6-10-33/h4,7-8,11-20,29,33,36,42,44H,3,5-6,9-10,21-28H2,1-2H3,(H,43,48)/t36-/m1/s1. The lowest BCUT2D eigenvalue weighted by molar-refractivity contribution is -0.140. The summed E-state index contributed by atoms with van der Waals surface area (Å²) >= 11 is 6.13. The number of benzene rings is 3. The van der Waals surface area contributed by atoms with Crippen molar-refractivity contribution in [2.75, 3.05) is 31.2 Å². The van der Waals surface area contributed by atoms with Gasteiger partial charge < -0.3 is 25.3 Å². The molecule has 2 aliphatic heterocycles. The lowest BCUT2D eigenvalue weighted by Crippen LogP contribution is -2.59. The summed E-state index contributed by atoms with van der Waals surface area (Å²) < 4.78 is 30.2. The van der Waals surface area contributed by atoms with Gasteiger partial charge in [-0.25, -0.2) is 8.42 Å². The number of hydrogen-bond donors (Lipinski definition) is 3. The van der Waals surface area contributed by atoms with Crippen molar-refractivity contribution in [1.82, 2.24) is 25.2 Å². The molecule has 1 spiro atoms. The number of amides is 3. The third-order valence-electron chi connectivity index (χ3n) is 10.7. The number of piperidine rings is 1. The van der Waals surface area contributed by atoms with Crippen LogP contribution in [0.4, 0.5) is 5.69 Å². The lowest BCUT2D eigenvalue weighted by Gasteiger charge is -2.44. The normalized spacial score (nSPS) is 18.5. The van der Waals surface area contributed by atoms with Crippen LogP contribution in [-0.4, -0.2) is 85.9 Å². The topological polar surface area (TPSA) is 131 Å². The van der Waals surface area contributed by atoms with Gasteiger partial charge in [-0.3, -0.25) is 14.4 Å². The Bertz CT molecular complexity index is 1830. The predicted molar refractivity (Wildman–Crippen MR) is 207 cm³/mol. The van der Waals surface area contributed by atoms with E-state index in [4.69, 9.17) is 11.6 Å². The molecule has 2 heterocycles. The van der Waals surface area contributed by atoms with Crippen molar-refractivity contribution in [2.24, 2.45) is 0 Å². The molecule has 3 fully saturated rings. The van der Waals surface area contributed by atoms with E-state index < -0.39 is 21.6 Å². The molecule has 3 N–H and O–H groups in total. The van der Waals surface area contributed by atoms with Crippen LogP contribution in [-0.2, 0) is 37.4 Å². The zero-order valence-electron chi connectivity index (χ0n) is 30.6. The van der Waals surface area contributed by atoms with Gasteiger partial charge in [0, 0.05) is 42.4 Å². The highest BCUT2D eigenvalue weighted by Crippen LogP contribution is 2.39. The summed E-state index contributed by atoms with van der Waals surface area (Å²) in [6, 6.07) is 22.7. The summed E-state index contributed by atoms with van der Waals surface area (Å²) in [5.74, 6) is -0.642. The number of anilines is 1. The van der Waals surface area contributed by atoms with Crippen LogP contribution in [0.15, 0.2) is 83.8 Å². The first kappa shape index (κ1) is 38.7. The van der Waals surface area contributed by atoms with Crippen LogP contribution < -0.4 is 20.3 Å². The van der Waals surface area contributed by atoms with Crippen LogP contribution >= 0.6 is 11.6 Å². The maximum atomic E-state index is 14.3. The number of hydrogen-bond acceptors (Lipinski definition) is 7. The number of carbonyl (C=O) groups excluding carboxylic acids is 3. The van der Waals surface area contributed by atoms with Gasteiger partial charge in [-0.15, -0.1) is 0 Å². The molecule has 1 aliphatic carbocycles. The van der Waals surface area contributed by atoms with E-state index in [0.29, 0.717) is 24.4 Å². The van der Waals surface area contributed by atoms with Crippen molar-refractivity contribution in [3.05, 3.63) is 95.0 Å². The number of nitrogens with zero attached hydrogens (tertiary/aromatic N) is 3. The molecule has 0 unspecified atom stereocenters. The minimum absolute atomic E-state index is 0.0246. The van der Waals surface area contributed by atoms with E-state index in [2.05, 4.69) is 20.3 Å². The average Bonchev–Trinajstić information content (AvgIpc) is 3.41. The molecule has 1 atom stereocenters. The van der Waals surface area contributed by atoms with E-state index in [0.717, 1.165) is 42.5 Å². The third kappa shape index (κ3) is 9.40. The minimum Gasteiger partial charge on any atom is -0.352 e. The zero-order valence-corrected chi connectivity index (χ0v) is 32.2. The molecule has 3 aromatic rings. The quantitative estimate of drug-likeness (QED) is 0.227. The van der Waals surface area contributed by atoms with Crippen LogP contribution in [0.2, 0.25) is 5.02 Å². The second-order valence-corrected chi connectivity index (χ2v) is 17.0. The summed E-state index contributed by atoms with van der Waals surface area (Å²) in [5, 5.41) is 7.00. The summed E-state index contributed by atoms with van der Waals surface area (Å²) in [4.78, 5) is 47.2. The molecule has 0 bridgehead atoms. The predicted octanol–water partition coefficient (Wildman–Crippen LogP) is 4.84. The summed E-state index contributed by atoms with van der Waals surface area (Å²) in [5.41, 5.74) is 1.63. The maximum absolute atomic E-state index is 14.3. The highest BCUT2D eigenvalue weighted by Gasteiger charge is 2.54. The van der Waals surface area contributed by atoms with Gasteiger partial charge in [-0.1, -0.05) is 87.2 Å². The van der Waals surface area contributed by atoms with E-state index in [9.17, 15) is 22.8 Å². The maximum Gasteiger partial charge on any atom is 0.250 e. The second-order valence-electron chi connectivity index (χ2n) is 14.9. The Balaban J connectivity index is 1.19. The number of nitrogens with one attached hydrogen (secondary N) is 3. The first-order valence-electron chi connectivity index (χ1n) is 18.7.